The van der Waals surface area contributed by atoms with Crippen LogP contribution in [0.1, 0.15) is 2.74 Å². The molecule has 0 unspecified atom stereocenters. The molecule has 12 heavy (non-hydrogen) atoms. The monoisotopic (exact) mass is 167 g/mol. The molecule has 0 amide bonds. The summed E-state index contributed by atoms with van der Waals surface area (Å²) in [6.07, 6.45) is 1.22. The van der Waals surface area contributed by atoms with E-state index in [1.807, 2.05) is 0 Å². The molecule has 0 aliphatic heterocycles. The number of aromatic amines is 1. The zero-order chi connectivity index (χ0) is 10.3. The van der Waals surface area contributed by atoms with Crippen LogP contribution >= 0.6 is 0 Å². The molecule has 0 saturated carbocycles. The number of fused-ring (bicyclic) bond motifs is 1. The smallest absolute Gasteiger partial charge is 0.278 e. The highest BCUT2D eigenvalue weighted by molar-refractivity contribution is 5.70. The minimum absolute atomic E-state index is 0.0285. The summed E-state index contributed by atoms with van der Waals surface area (Å²) >= 11 is 0. The predicted molar refractivity (Wildman–Crippen MR) is 43.5 cm³/mol. The molecule has 2 rings (SSSR count). The Kier molecular flexibility index (Phi) is 0.846. The van der Waals surface area contributed by atoms with Crippen molar-refractivity contribution in [2.45, 2.75) is 0 Å². The van der Waals surface area contributed by atoms with Crippen LogP contribution in [0.5, 0.6) is 0 Å². The second kappa shape index (κ2) is 2.07. The summed E-state index contributed by atoms with van der Waals surface area (Å²) in [5, 5.41) is 0. The van der Waals surface area contributed by atoms with Gasteiger partial charge < -0.3 is 10.3 Å². The maximum absolute atomic E-state index is 11.4. The number of nitrogens with zero attached hydrogens (tertiary/aromatic N) is 3. The number of nitrogens with two attached hydrogens (primary N) is 1. The van der Waals surface area contributed by atoms with Crippen molar-refractivity contribution in [1.82, 2.24) is 19.5 Å². The van der Waals surface area contributed by atoms with Crippen LogP contribution in [0.3, 0.4) is 0 Å². The lowest BCUT2D eigenvalue weighted by molar-refractivity contribution is 0.939. The van der Waals surface area contributed by atoms with Gasteiger partial charge >= 0.3 is 0 Å². The highest BCUT2D eigenvalue weighted by Crippen LogP contribution is 2.02. The third-order valence-corrected chi connectivity index (χ3v) is 1.46. The molecule has 0 aliphatic rings. The van der Waals surface area contributed by atoms with E-state index in [4.69, 9.17) is 8.48 Å². The van der Waals surface area contributed by atoms with Crippen molar-refractivity contribution < 1.29 is 2.74 Å². The van der Waals surface area contributed by atoms with Crippen LogP contribution in [-0.2, 0) is 7.00 Å². The average molecular weight is 167 g/mol. The van der Waals surface area contributed by atoms with Gasteiger partial charge in [0.1, 0.15) is 0 Å². The van der Waals surface area contributed by atoms with E-state index < -0.39 is 12.6 Å². The number of nitrogens with one attached hydrogen (secondary N) is 1. The first-order valence-electron chi connectivity index (χ1n) is 4.32. The molecule has 6 nitrogen and oxygen atoms in total. The SMILES string of the molecule is [2H]C([2H])n1cnc2nc(N)[nH]c(=O)c21. The zero-order valence-corrected chi connectivity index (χ0v) is 5.98. The summed E-state index contributed by atoms with van der Waals surface area (Å²) in [5.74, 6) is -0.0285. The Morgan fingerprint density at radius 2 is 2.67 bits per heavy atom. The number of rotatable bonds is 0. The molecule has 6 heteroatoms. The topological polar surface area (TPSA) is 89.6 Å². The molecule has 0 bridgehead atoms. The third-order valence-electron chi connectivity index (χ3n) is 1.46. The van der Waals surface area contributed by atoms with E-state index in [0.717, 1.165) is 4.57 Å². The Morgan fingerprint density at radius 3 is 3.42 bits per heavy atom. The van der Waals surface area contributed by atoms with Crippen LogP contribution in [0.4, 0.5) is 5.95 Å². The van der Waals surface area contributed by atoms with Gasteiger partial charge in [-0.2, -0.15) is 4.98 Å². The Balaban J connectivity index is 2.86. The lowest BCUT2D eigenvalue weighted by atomic mass is 10.5. The minimum atomic E-state index is -1.33. The van der Waals surface area contributed by atoms with E-state index in [2.05, 4.69) is 15.0 Å². The van der Waals surface area contributed by atoms with Crippen LogP contribution in [-0.4, -0.2) is 19.5 Å². The molecule has 2 aromatic heterocycles. The maximum Gasteiger partial charge on any atom is 0.278 e. The van der Waals surface area contributed by atoms with Crippen molar-refractivity contribution in [2.24, 2.45) is 7.00 Å². The summed E-state index contributed by atoms with van der Waals surface area (Å²) < 4.78 is 15.4. The second-order valence-electron chi connectivity index (χ2n) is 2.28. The van der Waals surface area contributed by atoms with Crippen LogP contribution < -0.4 is 11.3 Å². The molecule has 2 aromatic rings. The van der Waals surface area contributed by atoms with E-state index in [9.17, 15) is 4.79 Å². The molecule has 0 radical (unpaired) electrons. The number of imidazole rings is 1. The molecule has 0 saturated heterocycles. The summed E-state index contributed by atoms with van der Waals surface area (Å²) in [5.41, 5.74) is 5.05. The highest BCUT2D eigenvalue weighted by atomic mass is 16.1. The molecular weight excluding hydrogens is 158 g/mol. The van der Waals surface area contributed by atoms with Crippen molar-refractivity contribution in [3.63, 3.8) is 0 Å². The molecule has 0 aromatic carbocycles. The fourth-order valence-electron chi connectivity index (χ4n) is 0.969. The van der Waals surface area contributed by atoms with Gasteiger partial charge in [0.15, 0.2) is 11.2 Å². The van der Waals surface area contributed by atoms with E-state index in [0.29, 0.717) is 0 Å². The van der Waals surface area contributed by atoms with E-state index in [-0.39, 0.29) is 17.1 Å². The fraction of sp³-hybridized carbons (Fsp3) is 0.167. The number of aromatic nitrogens is 4. The third kappa shape index (κ3) is 0.777. The lowest BCUT2D eigenvalue weighted by Gasteiger charge is -1.93. The second-order valence-corrected chi connectivity index (χ2v) is 2.28. The van der Waals surface area contributed by atoms with Crippen molar-refractivity contribution in [1.29, 1.82) is 0 Å². The van der Waals surface area contributed by atoms with Gasteiger partial charge in [0, 0.05) is 9.74 Å². The average Bonchev–Trinajstić information content (AvgIpc) is 2.47. The number of aryl methyl sites for hydroxylation is 1. The van der Waals surface area contributed by atoms with Gasteiger partial charge in [-0.25, -0.2) is 4.98 Å². The number of anilines is 1. The maximum atomic E-state index is 11.4. The van der Waals surface area contributed by atoms with Crippen molar-refractivity contribution in [3.05, 3.63) is 16.7 Å². The first-order valence-corrected chi connectivity index (χ1v) is 3.16. The molecule has 0 spiro atoms. The normalized spacial score (nSPS) is 13.4. The van der Waals surface area contributed by atoms with Gasteiger partial charge in [0.2, 0.25) is 5.95 Å². The van der Waals surface area contributed by atoms with Crippen LogP contribution in [0.15, 0.2) is 11.1 Å². The van der Waals surface area contributed by atoms with Gasteiger partial charge in [-0.15, -0.1) is 0 Å². The first kappa shape index (κ1) is 4.91. The molecule has 0 fully saturated rings. The Morgan fingerprint density at radius 1 is 1.83 bits per heavy atom. The van der Waals surface area contributed by atoms with Gasteiger partial charge in [-0.1, -0.05) is 0 Å². The summed E-state index contributed by atoms with van der Waals surface area (Å²) in [6, 6.07) is 0. The van der Waals surface area contributed by atoms with Crippen LogP contribution in [0.25, 0.3) is 11.2 Å². The van der Waals surface area contributed by atoms with Gasteiger partial charge in [0.05, 0.1) is 6.33 Å². The van der Waals surface area contributed by atoms with Gasteiger partial charge in [0.25, 0.3) is 5.56 Å². The van der Waals surface area contributed by atoms with Gasteiger partial charge in [-0.05, 0) is 0 Å². The Hall–Kier alpha value is -1.85. The van der Waals surface area contributed by atoms with E-state index >= 15 is 0 Å². The largest absolute Gasteiger partial charge is 0.369 e. The fourth-order valence-corrected chi connectivity index (χ4v) is 0.969. The summed E-state index contributed by atoms with van der Waals surface area (Å²) in [7, 11) is 0. The minimum Gasteiger partial charge on any atom is -0.369 e. The summed E-state index contributed by atoms with van der Waals surface area (Å²) in [6.45, 7) is -1.33. The van der Waals surface area contributed by atoms with Crippen LogP contribution in [0.2, 0.25) is 0 Å². The Labute approximate surface area is 69.9 Å². The lowest BCUT2D eigenvalue weighted by Crippen LogP contribution is -2.13. The van der Waals surface area contributed by atoms with Crippen molar-refractivity contribution in [3.8, 4) is 0 Å². The Bertz CT molecular complexity index is 530. The molecule has 2 heterocycles. The highest BCUT2D eigenvalue weighted by Gasteiger charge is 2.05. The van der Waals surface area contributed by atoms with E-state index in [1.165, 1.54) is 6.33 Å². The standard InChI is InChI=1S/C6H7N5O/c1-11-2-8-4-3(11)5(12)10-6(7)9-4/h2H,1H3,(H3,7,9,10,12)/i1D2. The van der Waals surface area contributed by atoms with E-state index in [1.54, 1.807) is 0 Å². The van der Waals surface area contributed by atoms with Gasteiger partial charge in [-0.3, -0.25) is 9.78 Å². The predicted octanol–water partition coefficient (Wildman–Crippen LogP) is -0.761. The number of H-pyrrole nitrogens is 1. The first-order chi connectivity index (χ1) is 6.59. The van der Waals surface area contributed by atoms with Crippen molar-refractivity contribution in [2.75, 3.05) is 5.73 Å². The molecule has 3 N–H and O–H groups in total. The zero-order valence-electron chi connectivity index (χ0n) is 7.98. The molecule has 0 atom stereocenters. The van der Waals surface area contributed by atoms with Crippen molar-refractivity contribution >= 4 is 17.1 Å². The number of hydrogen-bond donors (Lipinski definition) is 2. The number of hydrogen-bond acceptors (Lipinski definition) is 4. The number of nitrogen functional groups attached to an aromatic ring is 1. The molecule has 62 valence electrons. The molecular formula is C6H7N5O. The summed E-state index contributed by atoms with van der Waals surface area (Å²) in [4.78, 5) is 21.2. The molecule has 0 aliphatic carbocycles. The van der Waals surface area contributed by atoms with Crippen LogP contribution in [0, 0.1) is 0 Å². The quantitative estimate of drug-likeness (QED) is 0.539.